The lowest BCUT2D eigenvalue weighted by Crippen LogP contribution is -2.15. The fourth-order valence-electron chi connectivity index (χ4n) is 1.57. The number of aryl methyl sites for hydroxylation is 2. The van der Waals surface area contributed by atoms with Gasteiger partial charge < -0.3 is 11.1 Å². The zero-order valence-electron chi connectivity index (χ0n) is 10.3. The number of amides is 1. The highest BCUT2D eigenvalue weighted by molar-refractivity contribution is 6.06. The third kappa shape index (κ3) is 2.32. The average molecular weight is 245 g/mol. The van der Waals surface area contributed by atoms with Crippen LogP contribution in [-0.2, 0) is 6.54 Å². The van der Waals surface area contributed by atoms with E-state index < -0.39 is 0 Å². The van der Waals surface area contributed by atoms with E-state index in [1.807, 2.05) is 13.8 Å². The number of nitrogens with two attached hydrogens (primary N) is 1. The molecule has 2 aromatic rings. The number of rotatable bonds is 3. The van der Waals surface area contributed by atoms with Crippen LogP contribution in [0.1, 0.15) is 23.0 Å². The lowest BCUT2D eigenvalue weighted by molar-refractivity contribution is 0.102. The Morgan fingerprint density at radius 2 is 2.33 bits per heavy atom. The molecule has 0 spiro atoms. The first-order valence-electron chi connectivity index (χ1n) is 5.66. The van der Waals surface area contributed by atoms with Crippen molar-refractivity contribution in [3.8, 4) is 0 Å². The van der Waals surface area contributed by atoms with E-state index >= 15 is 0 Å². The summed E-state index contributed by atoms with van der Waals surface area (Å²) in [5.74, 6) is -0.311. The lowest BCUT2D eigenvalue weighted by Gasteiger charge is -2.06. The van der Waals surface area contributed by atoms with Crippen molar-refractivity contribution in [1.29, 1.82) is 0 Å². The third-order valence-electron chi connectivity index (χ3n) is 2.60. The first-order valence-corrected chi connectivity index (χ1v) is 5.66. The van der Waals surface area contributed by atoms with Gasteiger partial charge in [0, 0.05) is 30.8 Å². The molecular formula is C12H15N5O. The predicted octanol–water partition coefficient (Wildman–Crippen LogP) is 1.44. The van der Waals surface area contributed by atoms with Gasteiger partial charge >= 0.3 is 0 Å². The van der Waals surface area contributed by atoms with Gasteiger partial charge in [-0.15, -0.1) is 0 Å². The van der Waals surface area contributed by atoms with Crippen molar-refractivity contribution in [2.45, 2.75) is 20.4 Å². The number of carbonyl (C=O) groups excluding carboxylic acids is 1. The Hall–Kier alpha value is -2.37. The lowest BCUT2D eigenvalue weighted by atomic mass is 10.2. The summed E-state index contributed by atoms with van der Waals surface area (Å²) in [5, 5.41) is 6.89. The van der Waals surface area contributed by atoms with Crippen molar-refractivity contribution < 1.29 is 4.79 Å². The largest absolute Gasteiger partial charge is 0.396 e. The van der Waals surface area contributed by atoms with E-state index in [2.05, 4.69) is 15.4 Å². The Balaban J connectivity index is 2.22. The molecule has 94 valence electrons. The van der Waals surface area contributed by atoms with Crippen LogP contribution in [0.5, 0.6) is 0 Å². The second-order valence-corrected chi connectivity index (χ2v) is 3.93. The smallest absolute Gasteiger partial charge is 0.278 e. The maximum Gasteiger partial charge on any atom is 0.278 e. The van der Waals surface area contributed by atoms with Crippen LogP contribution in [-0.4, -0.2) is 20.7 Å². The van der Waals surface area contributed by atoms with E-state index in [4.69, 9.17) is 5.73 Å². The fourth-order valence-corrected chi connectivity index (χ4v) is 1.57. The van der Waals surface area contributed by atoms with Gasteiger partial charge in [0.1, 0.15) is 0 Å². The van der Waals surface area contributed by atoms with Crippen LogP contribution in [0.15, 0.2) is 24.7 Å². The Bertz CT molecular complexity index is 576. The summed E-state index contributed by atoms with van der Waals surface area (Å²) in [4.78, 5) is 16.0. The van der Waals surface area contributed by atoms with Gasteiger partial charge in [-0.3, -0.25) is 14.5 Å². The zero-order valence-corrected chi connectivity index (χ0v) is 10.3. The number of anilines is 2. The van der Waals surface area contributed by atoms with Crippen LogP contribution in [0.2, 0.25) is 0 Å². The molecule has 3 N–H and O–H groups in total. The monoisotopic (exact) mass is 245 g/mol. The zero-order chi connectivity index (χ0) is 13.1. The van der Waals surface area contributed by atoms with Gasteiger partial charge in [0.2, 0.25) is 0 Å². The Morgan fingerprint density at radius 3 is 2.94 bits per heavy atom. The van der Waals surface area contributed by atoms with E-state index in [-0.39, 0.29) is 11.6 Å². The highest BCUT2D eigenvalue weighted by Crippen LogP contribution is 2.15. The second kappa shape index (κ2) is 4.87. The molecule has 18 heavy (non-hydrogen) atoms. The van der Waals surface area contributed by atoms with Crippen LogP contribution in [0.4, 0.5) is 11.4 Å². The van der Waals surface area contributed by atoms with Gasteiger partial charge in [0.05, 0.1) is 5.69 Å². The van der Waals surface area contributed by atoms with Gasteiger partial charge in [-0.2, -0.15) is 5.10 Å². The third-order valence-corrected chi connectivity index (χ3v) is 2.60. The number of pyridine rings is 1. The molecule has 0 saturated heterocycles. The van der Waals surface area contributed by atoms with Crippen LogP contribution >= 0.6 is 0 Å². The normalized spacial score (nSPS) is 10.3. The quantitative estimate of drug-likeness (QED) is 0.856. The molecule has 0 unspecified atom stereocenters. The van der Waals surface area contributed by atoms with E-state index in [0.717, 1.165) is 5.56 Å². The molecule has 0 fully saturated rings. The topological polar surface area (TPSA) is 85.8 Å². The number of nitrogen functional groups attached to an aromatic ring is 1. The molecule has 0 aromatic carbocycles. The van der Waals surface area contributed by atoms with Crippen molar-refractivity contribution in [2.24, 2.45) is 0 Å². The molecule has 6 nitrogen and oxygen atoms in total. The number of hydrogen-bond donors (Lipinski definition) is 2. The second-order valence-electron chi connectivity index (χ2n) is 3.93. The van der Waals surface area contributed by atoms with E-state index in [1.165, 1.54) is 0 Å². The molecule has 2 heterocycles. The van der Waals surface area contributed by atoms with Crippen LogP contribution in [0.3, 0.4) is 0 Å². The molecular weight excluding hydrogens is 230 g/mol. The maximum atomic E-state index is 12.0. The van der Waals surface area contributed by atoms with Crippen molar-refractivity contribution in [2.75, 3.05) is 11.1 Å². The summed E-state index contributed by atoms with van der Waals surface area (Å²) in [6, 6.07) is 1.74. The summed E-state index contributed by atoms with van der Waals surface area (Å²) >= 11 is 0. The van der Waals surface area contributed by atoms with Crippen molar-refractivity contribution in [3.63, 3.8) is 0 Å². The first kappa shape index (κ1) is 12.1. The van der Waals surface area contributed by atoms with E-state index in [9.17, 15) is 4.79 Å². The molecule has 0 aliphatic heterocycles. The summed E-state index contributed by atoms with van der Waals surface area (Å²) in [7, 11) is 0. The van der Waals surface area contributed by atoms with Crippen molar-refractivity contribution in [3.05, 3.63) is 35.9 Å². The minimum absolute atomic E-state index is 0.244. The minimum Gasteiger partial charge on any atom is -0.396 e. The fraction of sp³-hybridized carbons (Fsp3) is 0.250. The number of nitrogens with one attached hydrogen (secondary N) is 1. The Kier molecular flexibility index (Phi) is 3.27. The van der Waals surface area contributed by atoms with Gasteiger partial charge in [-0.05, 0) is 25.5 Å². The molecule has 2 rings (SSSR count). The SMILES string of the molecule is CCn1cc(N)c(C(=O)Nc2ccncc2C)n1. The van der Waals surface area contributed by atoms with Gasteiger partial charge in [-0.1, -0.05) is 0 Å². The number of nitrogens with zero attached hydrogens (tertiary/aromatic N) is 3. The summed E-state index contributed by atoms with van der Waals surface area (Å²) in [5.41, 5.74) is 7.97. The van der Waals surface area contributed by atoms with Crippen LogP contribution in [0.25, 0.3) is 0 Å². The average Bonchev–Trinajstić information content (AvgIpc) is 2.73. The molecule has 2 aromatic heterocycles. The van der Waals surface area contributed by atoms with Gasteiger partial charge in [-0.25, -0.2) is 0 Å². The van der Waals surface area contributed by atoms with Crippen LogP contribution in [0, 0.1) is 6.92 Å². The van der Waals surface area contributed by atoms with Gasteiger partial charge in [0.25, 0.3) is 5.91 Å². The van der Waals surface area contributed by atoms with E-state index in [1.54, 1.807) is 29.3 Å². The summed E-state index contributed by atoms with van der Waals surface area (Å²) in [6.45, 7) is 4.48. The Labute approximate surface area is 105 Å². The van der Waals surface area contributed by atoms with Crippen molar-refractivity contribution in [1.82, 2.24) is 14.8 Å². The molecule has 6 heteroatoms. The highest BCUT2D eigenvalue weighted by Gasteiger charge is 2.15. The maximum absolute atomic E-state index is 12.0. The molecule has 0 aliphatic carbocycles. The Morgan fingerprint density at radius 1 is 1.56 bits per heavy atom. The highest BCUT2D eigenvalue weighted by atomic mass is 16.2. The van der Waals surface area contributed by atoms with Crippen molar-refractivity contribution >= 4 is 17.3 Å². The summed E-state index contributed by atoms with van der Waals surface area (Å²) < 4.78 is 1.63. The van der Waals surface area contributed by atoms with Crippen LogP contribution < -0.4 is 11.1 Å². The number of aromatic nitrogens is 3. The first-order chi connectivity index (χ1) is 8.61. The molecule has 0 saturated carbocycles. The molecule has 1 amide bonds. The van der Waals surface area contributed by atoms with Gasteiger partial charge in [0.15, 0.2) is 5.69 Å². The molecule has 0 radical (unpaired) electrons. The number of carbonyl (C=O) groups is 1. The minimum atomic E-state index is -0.311. The van der Waals surface area contributed by atoms with E-state index in [0.29, 0.717) is 17.9 Å². The number of hydrogen-bond acceptors (Lipinski definition) is 4. The standard InChI is InChI=1S/C12H15N5O/c1-3-17-7-9(13)11(16-17)12(18)15-10-4-5-14-6-8(10)2/h4-7H,3,13H2,1-2H3,(H,14,15,18). The molecule has 0 atom stereocenters. The molecule has 0 aliphatic rings. The predicted molar refractivity (Wildman–Crippen MR) is 69.2 cm³/mol. The molecule has 0 bridgehead atoms. The summed E-state index contributed by atoms with van der Waals surface area (Å²) in [6.07, 6.45) is 4.95.